The van der Waals surface area contributed by atoms with Crippen molar-refractivity contribution in [2.45, 2.75) is 57.4 Å². The van der Waals surface area contributed by atoms with Crippen molar-refractivity contribution in [3.8, 4) is 11.1 Å². The summed E-state index contributed by atoms with van der Waals surface area (Å²) in [5, 5.41) is 3.07. The van der Waals surface area contributed by atoms with E-state index in [2.05, 4.69) is 42.6 Å². The van der Waals surface area contributed by atoms with Gasteiger partial charge >= 0.3 is 0 Å². The van der Waals surface area contributed by atoms with Crippen LogP contribution in [0.4, 0.5) is 0 Å². The van der Waals surface area contributed by atoms with Gasteiger partial charge in [0.2, 0.25) is 5.91 Å². The lowest BCUT2D eigenvalue weighted by Crippen LogP contribution is -2.47. The van der Waals surface area contributed by atoms with Crippen LogP contribution in [0.25, 0.3) is 11.1 Å². The Labute approximate surface area is 154 Å². The van der Waals surface area contributed by atoms with E-state index in [9.17, 15) is 9.59 Å². The summed E-state index contributed by atoms with van der Waals surface area (Å²) in [5.74, 6) is -0.717. The van der Waals surface area contributed by atoms with Gasteiger partial charge in [0.15, 0.2) is 5.78 Å². The number of benzene rings is 2. The quantitative estimate of drug-likeness (QED) is 0.816. The second-order valence-corrected chi connectivity index (χ2v) is 7.87. The summed E-state index contributed by atoms with van der Waals surface area (Å²) in [6, 6.07) is 14.5. The van der Waals surface area contributed by atoms with Crippen LogP contribution < -0.4 is 5.32 Å². The van der Waals surface area contributed by atoms with Crippen LogP contribution >= 0.6 is 0 Å². The van der Waals surface area contributed by atoms with Crippen molar-refractivity contribution < 1.29 is 9.59 Å². The van der Waals surface area contributed by atoms with E-state index in [-0.39, 0.29) is 11.7 Å². The molecule has 1 saturated carbocycles. The molecule has 1 saturated heterocycles. The molecule has 4 rings (SSSR count). The Balaban J connectivity index is 1.73. The molecule has 134 valence electrons. The summed E-state index contributed by atoms with van der Waals surface area (Å²) in [6.07, 6.45) is 4.75. The van der Waals surface area contributed by atoms with Gasteiger partial charge in [-0.15, -0.1) is 0 Å². The first kappa shape index (κ1) is 17.0. The van der Waals surface area contributed by atoms with Crippen LogP contribution in [0.1, 0.15) is 54.7 Å². The van der Waals surface area contributed by atoms with E-state index in [0.29, 0.717) is 0 Å². The van der Waals surface area contributed by atoms with Crippen molar-refractivity contribution in [3.63, 3.8) is 0 Å². The Bertz CT molecular complexity index is 860. The molecule has 0 radical (unpaired) electrons. The van der Waals surface area contributed by atoms with Gasteiger partial charge in [0, 0.05) is 0 Å². The summed E-state index contributed by atoms with van der Waals surface area (Å²) in [6.45, 7) is 4.05. The molecule has 1 amide bonds. The lowest BCUT2D eigenvalue weighted by molar-refractivity contribution is -0.125. The van der Waals surface area contributed by atoms with Crippen molar-refractivity contribution in [3.05, 3.63) is 59.2 Å². The Morgan fingerprint density at radius 3 is 2.23 bits per heavy atom. The van der Waals surface area contributed by atoms with Crippen molar-refractivity contribution in [1.82, 2.24) is 5.32 Å². The average molecular weight is 347 g/mol. The summed E-state index contributed by atoms with van der Waals surface area (Å²) >= 11 is 0. The van der Waals surface area contributed by atoms with Gasteiger partial charge in [-0.05, 0) is 55.0 Å². The lowest BCUT2D eigenvalue weighted by atomic mass is 9.76. The number of nitrogens with one attached hydrogen (secondary N) is 1. The Morgan fingerprint density at radius 2 is 1.54 bits per heavy atom. The molecule has 1 spiro atoms. The minimum absolute atomic E-state index is 0.0753. The fraction of sp³-hybridized carbons (Fsp3) is 0.391. The van der Waals surface area contributed by atoms with E-state index in [1.54, 1.807) is 0 Å². The second-order valence-electron chi connectivity index (χ2n) is 7.87. The van der Waals surface area contributed by atoms with Gasteiger partial charge < -0.3 is 5.32 Å². The van der Waals surface area contributed by atoms with E-state index < -0.39 is 11.5 Å². The molecule has 1 N–H and O–H groups in total. The van der Waals surface area contributed by atoms with Crippen LogP contribution in [0.5, 0.6) is 0 Å². The van der Waals surface area contributed by atoms with Crippen molar-refractivity contribution in [2.24, 2.45) is 0 Å². The maximum absolute atomic E-state index is 13.3. The van der Waals surface area contributed by atoms with Gasteiger partial charge in [0.05, 0.1) is 5.54 Å². The lowest BCUT2D eigenvalue weighted by Gasteiger charge is -2.31. The Kier molecular flexibility index (Phi) is 4.18. The highest BCUT2D eigenvalue weighted by Gasteiger charge is 2.53. The first-order chi connectivity index (χ1) is 12.5. The Morgan fingerprint density at radius 1 is 0.885 bits per heavy atom. The van der Waals surface area contributed by atoms with E-state index in [1.165, 1.54) is 5.56 Å². The van der Waals surface area contributed by atoms with Crippen molar-refractivity contribution in [1.29, 1.82) is 0 Å². The molecule has 0 bridgehead atoms. The third kappa shape index (κ3) is 2.76. The van der Waals surface area contributed by atoms with Crippen LogP contribution in [0.3, 0.4) is 0 Å². The third-order valence-electron chi connectivity index (χ3n) is 6.04. The molecule has 26 heavy (non-hydrogen) atoms. The molecule has 0 aromatic heterocycles. The fourth-order valence-corrected chi connectivity index (χ4v) is 4.45. The van der Waals surface area contributed by atoms with Crippen LogP contribution in [-0.4, -0.2) is 17.2 Å². The number of carbonyl (C=O) groups excluding carboxylic acids is 2. The molecule has 3 nitrogen and oxygen atoms in total. The molecule has 1 heterocycles. The summed E-state index contributed by atoms with van der Waals surface area (Å²) < 4.78 is 0. The van der Waals surface area contributed by atoms with Gasteiger partial charge in [-0.25, -0.2) is 0 Å². The SMILES string of the molecule is Cc1ccc(-c2ccc(C)c(C3C(=O)NC4(CCCCC4)C3=O)c2)cc1. The topological polar surface area (TPSA) is 46.2 Å². The number of hydrogen-bond acceptors (Lipinski definition) is 2. The van der Waals surface area contributed by atoms with Gasteiger partial charge in [-0.3, -0.25) is 9.59 Å². The van der Waals surface area contributed by atoms with E-state index in [1.807, 2.05) is 19.1 Å². The molecule has 1 atom stereocenters. The molecule has 1 unspecified atom stereocenters. The molecule has 1 aliphatic heterocycles. The number of aryl methyl sites for hydroxylation is 2. The molecule has 1 aliphatic carbocycles. The van der Waals surface area contributed by atoms with E-state index in [0.717, 1.165) is 54.4 Å². The van der Waals surface area contributed by atoms with Gasteiger partial charge in [0.25, 0.3) is 0 Å². The second kappa shape index (κ2) is 6.39. The first-order valence-electron chi connectivity index (χ1n) is 9.54. The molecule has 2 aliphatic rings. The highest BCUT2D eigenvalue weighted by molar-refractivity contribution is 6.17. The number of Topliss-reactive ketones (excluding diaryl/α,β-unsaturated/α-hetero) is 1. The predicted octanol–water partition coefficient (Wildman–Crippen LogP) is 4.46. The van der Waals surface area contributed by atoms with Crippen LogP contribution in [0.2, 0.25) is 0 Å². The van der Waals surface area contributed by atoms with E-state index >= 15 is 0 Å². The minimum Gasteiger partial charge on any atom is -0.343 e. The zero-order chi connectivity index (χ0) is 18.3. The highest BCUT2D eigenvalue weighted by atomic mass is 16.2. The van der Waals surface area contributed by atoms with Crippen molar-refractivity contribution in [2.75, 3.05) is 0 Å². The third-order valence-corrected chi connectivity index (χ3v) is 6.04. The monoisotopic (exact) mass is 347 g/mol. The first-order valence-corrected chi connectivity index (χ1v) is 9.54. The van der Waals surface area contributed by atoms with E-state index in [4.69, 9.17) is 0 Å². The molecular formula is C23H25NO2. The van der Waals surface area contributed by atoms with Crippen LogP contribution in [0.15, 0.2) is 42.5 Å². The zero-order valence-corrected chi connectivity index (χ0v) is 15.5. The molecular weight excluding hydrogens is 322 g/mol. The summed E-state index contributed by atoms with van der Waals surface area (Å²) in [5.41, 5.74) is 4.61. The standard InChI is InChI=1S/C23H25NO2/c1-15-6-9-17(10-7-15)18-11-8-16(2)19(14-18)20-21(25)23(24-22(20)26)12-4-3-5-13-23/h6-11,14,20H,3-5,12-13H2,1-2H3,(H,24,26). The van der Waals surface area contributed by atoms with Gasteiger partial charge in [0.1, 0.15) is 5.92 Å². The average Bonchev–Trinajstić information content (AvgIpc) is 2.87. The van der Waals surface area contributed by atoms with Crippen LogP contribution in [0, 0.1) is 13.8 Å². The minimum atomic E-state index is -0.668. The van der Waals surface area contributed by atoms with Crippen molar-refractivity contribution >= 4 is 11.7 Å². The predicted molar refractivity (Wildman–Crippen MR) is 103 cm³/mol. The smallest absolute Gasteiger partial charge is 0.235 e. The molecule has 2 aromatic carbocycles. The number of carbonyl (C=O) groups is 2. The van der Waals surface area contributed by atoms with Gasteiger partial charge in [-0.1, -0.05) is 61.2 Å². The summed E-state index contributed by atoms with van der Waals surface area (Å²) in [7, 11) is 0. The number of hydrogen-bond donors (Lipinski definition) is 1. The number of rotatable bonds is 2. The highest BCUT2D eigenvalue weighted by Crippen LogP contribution is 2.40. The number of ketones is 1. The maximum atomic E-state index is 13.3. The van der Waals surface area contributed by atoms with Gasteiger partial charge in [-0.2, -0.15) is 0 Å². The molecule has 2 fully saturated rings. The normalized spacial score (nSPS) is 21.8. The van der Waals surface area contributed by atoms with Crippen LogP contribution in [-0.2, 0) is 9.59 Å². The molecule has 2 aromatic rings. The fourth-order valence-electron chi connectivity index (χ4n) is 4.45. The maximum Gasteiger partial charge on any atom is 0.235 e. The Hall–Kier alpha value is -2.42. The summed E-state index contributed by atoms with van der Waals surface area (Å²) in [4.78, 5) is 26.0. The zero-order valence-electron chi connectivity index (χ0n) is 15.5. The number of amides is 1. The largest absolute Gasteiger partial charge is 0.343 e. The molecule has 3 heteroatoms.